The van der Waals surface area contributed by atoms with Gasteiger partial charge in [0.1, 0.15) is 11.0 Å². The van der Waals surface area contributed by atoms with Gasteiger partial charge in [-0.05, 0) is 19.1 Å². The van der Waals surface area contributed by atoms with E-state index in [0.29, 0.717) is 18.8 Å². The minimum atomic E-state index is -3.51. The summed E-state index contributed by atoms with van der Waals surface area (Å²) in [6, 6.07) is 3.56. The van der Waals surface area contributed by atoms with E-state index in [-0.39, 0.29) is 12.5 Å². The number of hydrogen-bond acceptors (Lipinski definition) is 5. The van der Waals surface area contributed by atoms with Gasteiger partial charge in [0.05, 0.1) is 12.9 Å². The maximum atomic E-state index is 11.8. The molecule has 90 valence electrons. The SMILES string of the molecule is CCOS(=O)(=O)C1CNCC1c1ccco1. The average Bonchev–Trinajstić information content (AvgIpc) is 2.88. The van der Waals surface area contributed by atoms with Crippen molar-refractivity contribution in [2.75, 3.05) is 19.7 Å². The average molecular weight is 245 g/mol. The van der Waals surface area contributed by atoms with Crippen molar-refractivity contribution in [1.29, 1.82) is 0 Å². The fraction of sp³-hybridized carbons (Fsp3) is 0.600. The summed E-state index contributed by atoms with van der Waals surface area (Å²) in [6.07, 6.45) is 1.55. The van der Waals surface area contributed by atoms with Crippen LogP contribution in [0.5, 0.6) is 0 Å². The van der Waals surface area contributed by atoms with Crippen molar-refractivity contribution in [2.45, 2.75) is 18.1 Å². The van der Waals surface area contributed by atoms with Crippen LogP contribution in [0.15, 0.2) is 22.8 Å². The molecule has 1 aromatic rings. The summed E-state index contributed by atoms with van der Waals surface area (Å²) in [6.45, 7) is 2.85. The standard InChI is InChI=1S/C10H15NO4S/c1-2-15-16(12,13)10-7-11-6-8(10)9-4-3-5-14-9/h3-5,8,10-11H,2,6-7H2,1H3. The monoisotopic (exact) mass is 245 g/mol. The zero-order valence-corrected chi connectivity index (χ0v) is 9.87. The molecule has 1 saturated heterocycles. The molecule has 2 atom stereocenters. The number of furan rings is 1. The van der Waals surface area contributed by atoms with Gasteiger partial charge >= 0.3 is 0 Å². The summed E-state index contributed by atoms with van der Waals surface area (Å²) in [5.74, 6) is 0.532. The lowest BCUT2D eigenvalue weighted by Crippen LogP contribution is -2.29. The van der Waals surface area contributed by atoms with Crippen molar-refractivity contribution >= 4 is 10.1 Å². The summed E-state index contributed by atoms with van der Waals surface area (Å²) in [5, 5.41) is 2.50. The Hall–Kier alpha value is -0.850. The first-order valence-corrected chi connectivity index (χ1v) is 6.74. The highest BCUT2D eigenvalue weighted by molar-refractivity contribution is 7.87. The van der Waals surface area contributed by atoms with Crippen LogP contribution in [0.1, 0.15) is 18.6 Å². The lowest BCUT2D eigenvalue weighted by Gasteiger charge is -2.16. The summed E-state index contributed by atoms with van der Waals surface area (Å²) in [7, 11) is -3.51. The van der Waals surface area contributed by atoms with Crippen molar-refractivity contribution in [3.63, 3.8) is 0 Å². The minimum absolute atomic E-state index is 0.161. The normalized spacial score (nSPS) is 26.1. The van der Waals surface area contributed by atoms with Crippen molar-refractivity contribution in [1.82, 2.24) is 5.32 Å². The molecule has 0 amide bonds. The fourth-order valence-corrected chi connectivity index (χ4v) is 3.45. The summed E-state index contributed by atoms with van der Waals surface area (Å²) >= 11 is 0. The highest BCUT2D eigenvalue weighted by Gasteiger charge is 2.40. The maximum Gasteiger partial charge on any atom is 0.272 e. The molecule has 1 aliphatic rings. The number of hydrogen-bond donors (Lipinski definition) is 1. The van der Waals surface area contributed by atoms with Crippen LogP contribution in [0, 0.1) is 0 Å². The molecule has 0 spiro atoms. The molecule has 0 bridgehead atoms. The molecule has 1 aromatic heterocycles. The quantitative estimate of drug-likeness (QED) is 0.791. The van der Waals surface area contributed by atoms with Crippen LogP contribution in [0.4, 0.5) is 0 Å². The van der Waals surface area contributed by atoms with E-state index in [0.717, 1.165) is 0 Å². The van der Waals surface area contributed by atoms with Crippen LogP contribution in [0.2, 0.25) is 0 Å². The molecule has 1 aliphatic heterocycles. The Bertz CT molecular complexity index is 426. The molecule has 1 N–H and O–H groups in total. The molecule has 2 unspecified atom stereocenters. The first kappa shape index (κ1) is 11.6. The van der Waals surface area contributed by atoms with Gasteiger partial charge in [0.25, 0.3) is 10.1 Å². The molecule has 0 saturated carbocycles. The van der Waals surface area contributed by atoms with Crippen molar-refractivity contribution in [3.8, 4) is 0 Å². The minimum Gasteiger partial charge on any atom is -0.469 e. The van der Waals surface area contributed by atoms with Crippen molar-refractivity contribution in [2.24, 2.45) is 0 Å². The molecule has 2 heterocycles. The number of nitrogens with one attached hydrogen (secondary N) is 1. The molecular formula is C10H15NO4S. The van der Waals surface area contributed by atoms with Gasteiger partial charge in [-0.15, -0.1) is 0 Å². The topological polar surface area (TPSA) is 68.5 Å². The largest absolute Gasteiger partial charge is 0.469 e. The molecule has 0 aliphatic carbocycles. The zero-order valence-electron chi connectivity index (χ0n) is 9.05. The molecular weight excluding hydrogens is 230 g/mol. The second-order valence-electron chi connectivity index (χ2n) is 3.72. The van der Waals surface area contributed by atoms with Gasteiger partial charge in [-0.2, -0.15) is 8.42 Å². The van der Waals surface area contributed by atoms with Gasteiger partial charge in [-0.1, -0.05) is 0 Å². The molecule has 5 nitrogen and oxygen atoms in total. The first-order valence-electron chi connectivity index (χ1n) is 5.27. The molecule has 1 fully saturated rings. The van der Waals surface area contributed by atoms with Crippen LogP contribution < -0.4 is 5.32 Å². The van der Waals surface area contributed by atoms with Crippen LogP contribution in [0.3, 0.4) is 0 Å². The number of rotatable bonds is 4. The highest BCUT2D eigenvalue weighted by atomic mass is 32.2. The van der Waals surface area contributed by atoms with Crippen LogP contribution >= 0.6 is 0 Å². The Labute approximate surface area is 94.9 Å². The van der Waals surface area contributed by atoms with E-state index in [4.69, 9.17) is 8.60 Å². The van der Waals surface area contributed by atoms with Crippen LogP contribution in [0.25, 0.3) is 0 Å². The van der Waals surface area contributed by atoms with Gasteiger partial charge in [0, 0.05) is 19.0 Å². The van der Waals surface area contributed by atoms with E-state index in [1.54, 1.807) is 25.3 Å². The van der Waals surface area contributed by atoms with Gasteiger partial charge in [-0.25, -0.2) is 0 Å². The van der Waals surface area contributed by atoms with Gasteiger partial charge in [0.2, 0.25) is 0 Å². The molecule has 6 heteroatoms. The van der Waals surface area contributed by atoms with E-state index < -0.39 is 15.4 Å². The molecule has 0 radical (unpaired) electrons. The predicted molar refractivity (Wildman–Crippen MR) is 58.7 cm³/mol. The van der Waals surface area contributed by atoms with Gasteiger partial charge in [-0.3, -0.25) is 4.18 Å². The first-order chi connectivity index (χ1) is 7.65. The Kier molecular flexibility index (Phi) is 3.32. The lowest BCUT2D eigenvalue weighted by atomic mass is 10.1. The predicted octanol–water partition coefficient (Wildman–Crippen LogP) is 0.701. The van der Waals surface area contributed by atoms with Gasteiger partial charge in [0.15, 0.2) is 0 Å². The van der Waals surface area contributed by atoms with Crippen LogP contribution in [-0.2, 0) is 14.3 Å². The van der Waals surface area contributed by atoms with Crippen molar-refractivity contribution < 1.29 is 17.0 Å². The van der Waals surface area contributed by atoms with Gasteiger partial charge < -0.3 is 9.73 Å². The van der Waals surface area contributed by atoms with E-state index in [9.17, 15) is 8.42 Å². The van der Waals surface area contributed by atoms with E-state index in [2.05, 4.69) is 5.32 Å². The third-order valence-corrected chi connectivity index (χ3v) is 4.52. The maximum absolute atomic E-state index is 11.8. The van der Waals surface area contributed by atoms with E-state index in [1.807, 2.05) is 0 Å². The highest BCUT2D eigenvalue weighted by Crippen LogP contribution is 2.28. The lowest BCUT2D eigenvalue weighted by molar-refractivity contribution is 0.327. The third-order valence-electron chi connectivity index (χ3n) is 2.72. The molecule has 0 aromatic carbocycles. The second-order valence-corrected chi connectivity index (χ2v) is 5.54. The van der Waals surface area contributed by atoms with Crippen molar-refractivity contribution in [3.05, 3.63) is 24.2 Å². The Morgan fingerprint density at radius 1 is 1.56 bits per heavy atom. The smallest absolute Gasteiger partial charge is 0.272 e. The summed E-state index contributed by atoms with van der Waals surface area (Å²) in [4.78, 5) is 0. The Morgan fingerprint density at radius 2 is 2.38 bits per heavy atom. The Morgan fingerprint density at radius 3 is 3.00 bits per heavy atom. The summed E-state index contributed by atoms with van der Waals surface area (Å²) < 4.78 is 33.8. The second kappa shape index (κ2) is 4.57. The molecule has 16 heavy (non-hydrogen) atoms. The summed E-state index contributed by atoms with van der Waals surface area (Å²) in [5.41, 5.74) is 0. The fourth-order valence-electron chi connectivity index (χ4n) is 2.00. The van der Waals surface area contributed by atoms with E-state index in [1.165, 1.54) is 0 Å². The zero-order chi connectivity index (χ0) is 11.6. The van der Waals surface area contributed by atoms with E-state index >= 15 is 0 Å². The molecule has 2 rings (SSSR count). The Balaban J connectivity index is 2.22. The third kappa shape index (κ3) is 2.14. The van der Waals surface area contributed by atoms with Crippen LogP contribution in [-0.4, -0.2) is 33.4 Å².